The normalized spacial score (nSPS) is 10.5. The lowest BCUT2D eigenvalue weighted by atomic mass is 10.5. The molecule has 0 unspecified atom stereocenters. The summed E-state index contributed by atoms with van der Waals surface area (Å²) >= 11 is 0. The number of nitrogens with one attached hydrogen (secondary N) is 1. The Bertz CT molecular complexity index is 305. The van der Waals surface area contributed by atoms with Crippen molar-refractivity contribution in [3.05, 3.63) is 12.4 Å². The van der Waals surface area contributed by atoms with Gasteiger partial charge in [0.15, 0.2) is 6.29 Å². The van der Waals surface area contributed by atoms with Gasteiger partial charge in [0.05, 0.1) is 13.2 Å². The minimum Gasteiger partial charge on any atom is -0.478 e. The van der Waals surface area contributed by atoms with Crippen LogP contribution in [-0.2, 0) is 9.47 Å². The van der Waals surface area contributed by atoms with E-state index in [0.717, 1.165) is 0 Å². The Morgan fingerprint density at radius 1 is 1.31 bits per heavy atom. The van der Waals surface area contributed by atoms with Gasteiger partial charge < -0.3 is 19.5 Å². The van der Waals surface area contributed by atoms with Gasteiger partial charge in [-0.2, -0.15) is 0 Å². The van der Waals surface area contributed by atoms with Gasteiger partial charge in [0.25, 0.3) is 0 Å². The van der Waals surface area contributed by atoms with E-state index in [1.807, 2.05) is 6.92 Å². The van der Waals surface area contributed by atoms with Crippen LogP contribution in [-0.4, -0.2) is 43.6 Å². The molecule has 1 aromatic heterocycles. The molecular formula is C10H17N3O3. The molecule has 0 bridgehead atoms. The summed E-state index contributed by atoms with van der Waals surface area (Å²) in [5.74, 6) is 1.23. The van der Waals surface area contributed by atoms with E-state index in [2.05, 4.69) is 15.3 Å². The molecule has 0 aromatic carbocycles. The van der Waals surface area contributed by atoms with Crippen LogP contribution in [0.1, 0.15) is 6.92 Å². The van der Waals surface area contributed by atoms with Gasteiger partial charge in [0.1, 0.15) is 12.1 Å². The maximum absolute atomic E-state index is 5.25. The Labute approximate surface area is 95.0 Å². The number of methoxy groups -OCH3 is 2. The molecule has 0 aliphatic carbocycles. The van der Waals surface area contributed by atoms with Crippen LogP contribution in [0.3, 0.4) is 0 Å². The topological polar surface area (TPSA) is 65.5 Å². The van der Waals surface area contributed by atoms with E-state index in [1.54, 1.807) is 20.3 Å². The Balaban J connectivity index is 2.49. The first-order valence-electron chi connectivity index (χ1n) is 5.04. The zero-order valence-corrected chi connectivity index (χ0v) is 9.77. The van der Waals surface area contributed by atoms with E-state index < -0.39 is 0 Å². The summed E-state index contributed by atoms with van der Waals surface area (Å²) in [6.07, 6.45) is 1.15. The fraction of sp³-hybridized carbons (Fsp3) is 0.600. The van der Waals surface area contributed by atoms with E-state index in [0.29, 0.717) is 24.8 Å². The SMILES string of the molecule is CCOc1cc(NCC(OC)OC)ncn1. The number of aromatic nitrogens is 2. The number of hydrogen-bond acceptors (Lipinski definition) is 6. The van der Waals surface area contributed by atoms with Crippen molar-refractivity contribution < 1.29 is 14.2 Å². The zero-order chi connectivity index (χ0) is 11.8. The zero-order valence-electron chi connectivity index (χ0n) is 9.77. The molecule has 1 heterocycles. The first kappa shape index (κ1) is 12.7. The molecule has 0 saturated heterocycles. The van der Waals surface area contributed by atoms with Crippen LogP contribution in [0.5, 0.6) is 5.88 Å². The maximum atomic E-state index is 5.25. The molecule has 1 aromatic rings. The third-order valence-corrected chi connectivity index (χ3v) is 1.91. The molecule has 6 heteroatoms. The minimum absolute atomic E-state index is 0.300. The number of ether oxygens (including phenoxy) is 3. The summed E-state index contributed by atoms with van der Waals surface area (Å²) < 4.78 is 15.3. The molecule has 16 heavy (non-hydrogen) atoms. The Morgan fingerprint density at radius 2 is 2.06 bits per heavy atom. The van der Waals surface area contributed by atoms with Crippen molar-refractivity contribution in [3.8, 4) is 5.88 Å². The van der Waals surface area contributed by atoms with Crippen molar-refractivity contribution in [3.63, 3.8) is 0 Å². The predicted molar refractivity (Wildman–Crippen MR) is 59.5 cm³/mol. The van der Waals surface area contributed by atoms with Crippen LogP contribution in [0.25, 0.3) is 0 Å². The third-order valence-electron chi connectivity index (χ3n) is 1.91. The van der Waals surface area contributed by atoms with Gasteiger partial charge in [-0.15, -0.1) is 0 Å². The molecule has 0 atom stereocenters. The van der Waals surface area contributed by atoms with Crippen molar-refractivity contribution in [1.82, 2.24) is 9.97 Å². The molecule has 1 rings (SSSR count). The summed E-state index contributed by atoms with van der Waals surface area (Å²) in [5, 5.41) is 3.06. The van der Waals surface area contributed by atoms with E-state index in [4.69, 9.17) is 14.2 Å². The molecule has 0 fully saturated rings. The van der Waals surface area contributed by atoms with E-state index in [9.17, 15) is 0 Å². The van der Waals surface area contributed by atoms with Crippen LogP contribution in [0.15, 0.2) is 12.4 Å². The molecule has 90 valence electrons. The van der Waals surface area contributed by atoms with Crippen LogP contribution in [0.2, 0.25) is 0 Å². The number of hydrogen-bond donors (Lipinski definition) is 1. The number of nitrogens with zero attached hydrogens (tertiary/aromatic N) is 2. The maximum Gasteiger partial charge on any atom is 0.218 e. The van der Waals surface area contributed by atoms with Gasteiger partial charge in [0, 0.05) is 20.3 Å². The van der Waals surface area contributed by atoms with Crippen molar-refractivity contribution in [1.29, 1.82) is 0 Å². The van der Waals surface area contributed by atoms with Crippen molar-refractivity contribution in [2.24, 2.45) is 0 Å². The molecular weight excluding hydrogens is 210 g/mol. The van der Waals surface area contributed by atoms with Crippen molar-refractivity contribution in [2.45, 2.75) is 13.2 Å². The van der Waals surface area contributed by atoms with Crippen LogP contribution in [0, 0.1) is 0 Å². The summed E-state index contributed by atoms with van der Waals surface area (Å²) in [7, 11) is 3.17. The van der Waals surface area contributed by atoms with E-state index in [1.165, 1.54) is 6.33 Å². The lowest BCUT2D eigenvalue weighted by Crippen LogP contribution is -2.24. The molecule has 0 aliphatic rings. The van der Waals surface area contributed by atoms with Gasteiger partial charge in [-0.05, 0) is 6.92 Å². The molecule has 0 radical (unpaired) electrons. The first-order chi connectivity index (χ1) is 7.80. The summed E-state index contributed by atoms with van der Waals surface area (Å²) in [6.45, 7) is 2.99. The summed E-state index contributed by atoms with van der Waals surface area (Å²) in [4.78, 5) is 8.01. The fourth-order valence-corrected chi connectivity index (χ4v) is 1.11. The molecule has 0 spiro atoms. The second-order valence-corrected chi connectivity index (χ2v) is 2.96. The molecule has 0 aliphatic heterocycles. The van der Waals surface area contributed by atoms with Gasteiger partial charge in [0.2, 0.25) is 5.88 Å². The number of rotatable bonds is 7. The van der Waals surface area contributed by atoms with Crippen LogP contribution in [0.4, 0.5) is 5.82 Å². The summed E-state index contributed by atoms with van der Waals surface area (Å²) in [6, 6.07) is 1.73. The first-order valence-corrected chi connectivity index (χ1v) is 5.04. The average molecular weight is 227 g/mol. The highest BCUT2D eigenvalue weighted by molar-refractivity contribution is 5.36. The fourth-order valence-electron chi connectivity index (χ4n) is 1.11. The standard InChI is InChI=1S/C10H17N3O3/c1-4-16-9-5-8(12-7-13-9)11-6-10(14-2)15-3/h5,7,10H,4,6H2,1-3H3,(H,11,12,13). The number of anilines is 1. The molecule has 1 N–H and O–H groups in total. The van der Waals surface area contributed by atoms with Gasteiger partial charge in [-0.3, -0.25) is 0 Å². The Morgan fingerprint density at radius 3 is 2.69 bits per heavy atom. The van der Waals surface area contributed by atoms with Gasteiger partial charge >= 0.3 is 0 Å². The van der Waals surface area contributed by atoms with Gasteiger partial charge in [-0.1, -0.05) is 0 Å². The summed E-state index contributed by atoms with van der Waals surface area (Å²) in [5.41, 5.74) is 0. The predicted octanol–water partition coefficient (Wildman–Crippen LogP) is 0.906. The highest BCUT2D eigenvalue weighted by atomic mass is 16.7. The highest BCUT2D eigenvalue weighted by Crippen LogP contribution is 2.10. The van der Waals surface area contributed by atoms with E-state index >= 15 is 0 Å². The lowest BCUT2D eigenvalue weighted by molar-refractivity contribution is -0.0914. The van der Waals surface area contributed by atoms with E-state index in [-0.39, 0.29) is 6.29 Å². The highest BCUT2D eigenvalue weighted by Gasteiger charge is 2.05. The second-order valence-electron chi connectivity index (χ2n) is 2.96. The van der Waals surface area contributed by atoms with Crippen molar-refractivity contribution in [2.75, 3.05) is 32.7 Å². The van der Waals surface area contributed by atoms with Crippen LogP contribution < -0.4 is 10.1 Å². The molecule has 6 nitrogen and oxygen atoms in total. The Hall–Kier alpha value is -1.40. The van der Waals surface area contributed by atoms with Gasteiger partial charge in [-0.25, -0.2) is 9.97 Å². The third kappa shape index (κ3) is 4.00. The minimum atomic E-state index is -0.300. The molecule has 0 amide bonds. The quantitative estimate of drug-likeness (QED) is 0.698. The van der Waals surface area contributed by atoms with Crippen LogP contribution >= 0.6 is 0 Å². The smallest absolute Gasteiger partial charge is 0.218 e. The largest absolute Gasteiger partial charge is 0.478 e. The Kier molecular flexibility index (Phi) is 5.52. The lowest BCUT2D eigenvalue weighted by Gasteiger charge is -2.14. The molecule has 0 saturated carbocycles. The van der Waals surface area contributed by atoms with Crippen molar-refractivity contribution >= 4 is 5.82 Å². The second kappa shape index (κ2) is 6.97. The monoisotopic (exact) mass is 227 g/mol. The average Bonchev–Trinajstić information content (AvgIpc) is 2.31.